The summed E-state index contributed by atoms with van der Waals surface area (Å²) in [6, 6.07) is 9.12. The van der Waals surface area contributed by atoms with Gasteiger partial charge in [-0.3, -0.25) is 0 Å². The zero-order valence-electron chi connectivity index (χ0n) is 7.72. The summed E-state index contributed by atoms with van der Waals surface area (Å²) in [5, 5.41) is 3.28. The van der Waals surface area contributed by atoms with Gasteiger partial charge in [0.2, 0.25) is 0 Å². The molecule has 1 aliphatic rings. The van der Waals surface area contributed by atoms with E-state index in [-0.39, 0.29) is 32.7 Å². The fraction of sp³-hybridized carbons (Fsp3) is 0.400. The van der Waals surface area contributed by atoms with Gasteiger partial charge >= 0.3 is 0 Å². The van der Waals surface area contributed by atoms with Gasteiger partial charge in [0, 0.05) is 39.3 Å². The summed E-state index contributed by atoms with van der Waals surface area (Å²) in [5.41, 5.74) is 2.69. The average Bonchev–Trinajstić information content (AvgIpc) is 2.55. The molecule has 0 fully saturated rings. The number of fused-ring (bicyclic) bond motifs is 1. The Bertz CT molecular complexity index is 200. The van der Waals surface area contributed by atoms with Crippen molar-refractivity contribution < 1.29 is 32.7 Å². The van der Waals surface area contributed by atoms with Crippen molar-refractivity contribution in [2.45, 2.75) is 20.3 Å². The zero-order chi connectivity index (χ0) is 8.10. The summed E-state index contributed by atoms with van der Waals surface area (Å²) in [6.45, 7) is 5.09. The fourth-order valence-corrected chi connectivity index (χ4v) is 1.18. The van der Waals surface area contributed by atoms with Crippen LogP contribution in [0.1, 0.15) is 19.4 Å². The fourth-order valence-electron chi connectivity index (χ4n) is 1.18. The molecular weight excluding hydrogens is 223 g/mol. The van der Waals surface area contributed by atoms with Gasteiger partial charge in [-0.2, -0.15) is 18.2 Å². The van der Waals surface area contributed by atoms with Crippen LogP contribution >= 0.6 is 0 Å². The van der Waals surface area contributed by atoms with Gasteiger partial charge in [-0.15, -0.1) is 11.6 Å². The summed E-state index contributed by atoms with van der Waals surface area (Å²) >= 11 is 0. The van der Waals surface area contributed by atoms with Crippen molar-refractivity contribution in [3.05, 3.63) is 29.8 Å². The first kappa shape index (κ1) is 12.1. The summed E-state index contributed by atoms with van der Waals surface area (Å²) in [6.07, 6.45) is 1.16. The molecule has 1 aromatic carbocycles. The van der Waals surface area contributed by atoms with Gasteiger partial charge in [0.25, 0.3) is 0 Å². The van der Waals surface area contributed by atoms with Crippen LogP contribution in [0, 0.1) is 6.07 Å². The largest absolute Gasteiger partial charge is 0.407 e. The molecule has 2 rings (SSSR count). The average molecular weight is 237 g/mol. The summed E-state index contributed by atoms with van der Waals surface area (Å²) < 4.78 is 0. The molecule has 0 saturated heterocycles. The number of hydrogen-bond donors (Lipinski definition) is 1. The molecule has 0 unspecified atom stereocenters. The van der Waals surface area contributed by atoms with Crippen molar-refractivity contribution in [3.8, 4) is 0 Å². The second kappa shape index (κ2) is 6.62. The van der Waals surface area contributed by atoms with Crippen LogP contribution in [-0.2, 0) is 39.1 Å². The van der Waals surface area contributed by atoms with Crippen LogP contribution in [-0.4, -0.2) is 6.54 Å². The van der Waals surface area contributed by atoms with Crippen LogP contribution in [0.15, 0.2) is 18.2 Å². The SMILES string of the molecule is CC.[Y].[c-]1ccc2c(c1)CCN2. The Kier molecular flexibility index (Phi) is 6.69. The molecule has 1 aromatic rings. The van der Waals surface area contributed by atoms with Gasteiger partial charge in [-0.05, 0) is 0 Å². The van der Waals surface area contributed by atoms with E-state index in [1.165, 1.54) is 11.3 Å². The minimum atomic E-state index is 0. The molecule has 0 saturated carbocycles. The van der Waals surface area contributed by atoms with Crippen LogP contribution in [0.2, 0.25) is 0 Å². The summed E-state index contributed by atoms with van der Waals surface area (Å²) in [5.74, 6) is 0. The Hall–Kier alpha value is 0.124. The molecule has 12 heavy (non-hydrogen) atoms. The number of hydrogen-bond acceptors (Lipinski definition) is 1. The van der Waals surface area contributed by atoms with Crippen LogP contribution in [0.5, 0.6) is 0 Å². The molecule has 1 aliphatic heterocycles. The Morgan fingerprint density at radius 1 is 1.42 bits per heavy atom. The first-order valence-electron chi connectivity index (χ1n) is 4.20. The van der Waals surface area contributed by atoms with E-state index in [1.807, 2.05) is 19.9 Å². The maximum atomic E-state index is 3.28. The molecule has 1 N–H and O–H groups in total. The van der Waals surface area contributed by atoms with Gasteiger partial charge < -0.3 is 5.32 Å². The zero-order valence-corrected chi connectivity index (χ0v) is 10.6. The van der Waals surface area contributed by atoms with Crippen LogP contribution in [0.3, 0.4) is 0 Å². The predicted molar refractivity (Wildman–Crippen MR) is 48.8 cm³/mol. The molecule has 0 amide bonds. The van der Waals surface area contributed by atoms with Crippen molar-refractivity contribution >= 4 is 5.69 Å². The summed E-state index contributed by atoms with van der Waals surface area (Å²) in [4.78, 5) is 0. The van der Waals surface area contributed by atoms with Crippen LogP contribution in [0.25, 0.3) is 0 Å². The molecule has 1 radical (unpaired) electrons. The third-order valence-corrected chi connectivity index (χ3v) is 1.66. The van der Waals surface area contributed by atoms with Crippen LogP contribution < -0.4 is 5.32 Å². The van der Waals surface area contributed by atoms with Crippen molar-refractivity contribution in [2.75, 3.05) is 11.9 Å². The third kappa shape index (κ3) is 2.87. The van der Waals surface area contributed by atoms with Crippen molar-refractivity contribution in [1.29, 1.82) is 0 Å². The molecule has 2 heteroatoms. The van der Waals surface area contributed by atoms with Crippen molar-refractivity contribution in [2.24, 2.45) is 0 Å². The van der Waals surface area contributed by atoms with Gasteiger partial charge in [0.15, 0.2) is 0 Å². The third-order valence-electron chi connectivity index (χ3n) is 1.66. The molecule has 63 valence electrons. The molecule has 0 aliphatic carbocycles. The molecule has 1 nitrogen and oxygen atoms in total. The van der Waals surface area contributed by atoms with E-state index in [9.17, 15) is 0 Å². The van der Waals surface area contributed by atoms with E-state index in [4.69, 9.17) is 0 Å². The van der Waals surface area contributed by atoms with Gasteiger partial charge in [-0.1, -0.05) is 26.0 Å². The normalized spacial score (nSPS) is 11.5. The maximum absolute atomic E-state index is 3.28. The predicted octanol–water partition coefficient (Wildman–Crippen LogP) is 2.48. The molecule has 0 atom stereocenters. The van der Waals surface area contributed by atoms with E-state index in [0.29, 0.717) is 0 Å². The van der Waals surface area contributed by atoms with E-state index in [1.54, 1.807) is 0 Å². The van der Waals surface area contributed by atoms with E-state index in [2.05, 4.69) is 23.5 Å². The van der Waals surface area contributed by atoms with Crippen LogP contribution in [0.4, 0.5) is 5.69 Å². The number of rotatable bonds is 0. The smallest absolute Gasteiger partial charge is 0.00619 e. The standard InChI is InChI=1S/C8H8N.C2H6.Y/c1-2-4-8-7(3-1)5-6-9-8;1-2;/h2-4,9H,5-6H2;1-2H3;/q-1;;. The number of benzene rings is 1. The molecule has 0 bridgehead atoms. The second-order valence-corrected chi connectivity index (χ2v) is 2.26. The monoisotopic (exact) mass is 237 g/mol. The Labute approximate surface area is 99.8 Å². The minimum Gasteiger partial charge on any atom is -0.407 e. The van der Waals surface area contributed by atoms with E-state index in [0.717, 1.165) is 13.0 Å². The Morgan fingerprint density at radius 2 is 2.17 bits per heavy atom. The second-order valence-electron chi connectivity index (χ2n) is 2.26. The quantitative estimate of drug-likeness (QED) is 0.683. The van der Waals surface area contributed by atoms with Crippen molar-refractivity contribution in [1.82, 2.24) is 0 Å². The first-order chi connectivity index (χ1) is 5.47. The van der Waals surface area contributed by atoms with Gasteiger partial charge in [-0.25, -0.2) is 0 Å². The van der Waals surface area contributed by atoms with Gasteiger partial charge in [0.05, 0.1) is 0 Å². The minimum absolute atomic E-state index is 0. The van der Waals surface area contributed by atoms with E-state index >= 15 is 0 Å². The molecular formula is C10H14NY-. The maximum Gasteiger partial charge on any atom is 0.00619 e. The Balaban J connectivity index is 0.000000378. The first-order valence-corrected chi connectivity index (χ1v) is 4.20. The van der Waals surface area contributed by atoms with Gasteiger partial charge in [0.1, 0.15) is 0 Å². The molecule has 0 spiro atoms. The van der Waals surface area contributed by atoms with E-state index < -0.39 is 0 Å². The number of nitrogens with one attached hydrogen (secondary N) is 1. The van der Waals surface area contributed by atoms with Crippen molar-refractivity contribution in [3.63, 3.8) is 0 Å². The number of anilines is 1. The molecule has 1 heterocycles. The summed E-state index contributed by atoms with van der Waals surface area (Å²) in [7, 11) is 0. The Morgan fingerprint density at radius 3 is 2.83 bits per heavy atom. The molecule has 0 aromatic heterocycles. The topological polar surface area (TPSA) is 12.0 Å².